The summed E-state index contributed by atoms with van der Waals surface area (Å²) in [6, 6.07) is 5.39. The lowest BCUT2D eigenvalue weighted by Crippen LogP contribution is -2.08. The SMILES string of the molecule is COc1ccc(C(=O)c2cc(F)ccc2F)nn1. The number of hydrogen-bond acceptors (Lipinski definition) is 4. The quantitative estimate of drug-likeness (QED) is 0.782. The van der Waals surface area contributed by atoms with Gasteiger partial charge in [0.25, 0.3) is 0 Å². The van der Waals surface area contributed by atoms with Crippen molar-refractivity contribution in [2.24, 2.45) is 0 Å². The Labute approximate surface area is 101 Å². The van der Waals surface area contributed by atoms with Gasteiger partial charge in [-0.3, -0.25) is 4.79 Å². The predicted molar refractivity (Wildman–Crippen MR) is 58.4 cm³/mol. The van der Waals surface area contributed by atoms with Crippen LogP contribution in [-0.4, -0.2) is 23.1 Å². The van der Waals surface area contributed by atoms with Gasteiger partial charge in [-0.15, -0.1) is 10.2 Å². The fourth-order valence-corrected chi connectivity index (χ4v) is 1.36. The topological polar surface area (TPSA) is 52.1 Å². The molecule has 1 aromatic heterocycles. The van der Waals surface area contributed by atoms with Crippen molar-refractivity contribution in [2.45, 2.75) is 0 Å². The van der Waals surface area contributed by atoms with Gasteiger partial charge in [-0.05, 0) is 24.3 Å². The number of methoxy groups -OCH3 is 1. The summed E-state index contributed by atoms with van der Waals surface area (Å²) in [7, 11) is 1.40. The summed E-state index contributed by atoms with van der Waals surface area (Å²) >= 11 is 0. The zero-order valence-corrected chi connectivity index (χ0v) is 9.35. The van der Waals surface area contributed by atoms with Gasteiger partial charge in [-0.25, -0.2) is 8.78 Å². The normalized spacial score (nSPS) is 10.2. The van der Waals surface area contributed by atoms with Gasteiger partial charge in [0.2, 0.25) is 11.7 Å². The maximum absolute atomic E-state index is 13.4. The summed E-state index contributed by atoms with van der Waals surface area (Å²) < 4.78 is 31.1. The number of ether oxygens (including phenoxy) is 1. The Morgan fingerprint density at radius 2 is 1.94 bits per heavy atom. The zero-order valence-electron chi connectivity index (χ0n) is 9.35. The molecule has 0 aliphatic heterocycles. The van der Waals surface area contributed by atoms with Crippen LogP contribution in [0.25, 0.3) is 0 Å². The molecular formula is C12H8F2N2O2. The first-order chi connectivity index (χ1) is 8.61. The second-order valence-corrected chi connectivity index (χ2v) is 3.41. The Balaban J connectivity index is 2.38. The molecule has 0 aliphatic rings. The van der Waals surface area contributed by atoms with Crippen LogP contribution in [0.2, 0.25) is 0 Å². The van der Waals surface area contributed by atoms with E-state index in [1.165, 1.54) is 19.2 Å². The van der Waals surface area contributed by atoms with Gasteiger partial charge in [0.15, 0.2) is 0 Å². The summed E-state index contributed by atoms with van der Waals surface area (Å²) in [6.45, 7) is 0. The van der Waals surface area contributed by atoms with E-state index in [2.05, 4.69) is 10.2 Å². The number of halogens is 2. The van der Waals surface area contributed by atoms with E-state index in [0.717, 1.165) is 18.2 Å². The van der Waals surface area contributed by atoms with Gasteiger partial charge < -0.3 is 4.74 Å². The lowest BCUT2D eigenvalue weighted by atomic mass is 10.1. The van der Waals surface area contributed by atoms with Crippen LogP contribution in [0.4, 0.5) is 8.78 Å². The van der Waals surface area contributed by atoms with Crippen molar-refractivity contribution < 1.29 is 18.3 Å². The van der Waals surface area contributed by atoms with Crippen LogP contribution in [0.1, 0.15) is 16.1 Å². The van der Waals surface area contributed by atoms with Crippen molar-refractivity contribution in [3.05, 3.63) is 53.2 Å². The fraction of sp³-hybridized carbons (Fsp3) is 0.0833. The van der Waals surface area contributed by atoms with Crippen LogP contribution in [0, 0.1) is 11.6 Å². The van der Waals surface area contributed by atoms with Crippen molar-refractivity contribution in [2.75, 3.05) is 7.11 Å². The van der Waals surface area contributed by atoms with Crippen molar-refractivity contribution in [3.8, 4) is 5.88 Å². The second-order valence-electron chi connectivity index (χ2n) is 3.41. The van der Waals surface area contributed by atoms with E-state index in [0.29, 0.717) is 0 Å². The molecule has 0 aliphatic carbocycles. The van der Waals surface area contributed by atoms with Crippen LogP contribution < -0.4 is 4.74 Å². The lowest BCUT2D eigenvalue weighted by Gasteiger charge is -2.02. The second kappa shape index (κ2) is 4.87. The van der Waals surface area contributed by atoms with Gasteiger partial charge >= 0.3 is 0 Å². The Kier molecular flexibility index (Phi) is 3.27. The van der Waals surface area contributed by atoms with Crippen LogP contribution in [-0.2, 0) is 0 Å². The predicted octanol–water partition coefficient (Wildman–Crippen LogP) is 1.99. The van der Waals surface area contributed by atoms with Gasteiger partial charge in [-0.1, -0.05) is 0 Å². The molecule has 4 nitrogen and oxygen atoms in total. The number of aromatic nitrogens is 2. The summed E-state index contributed by atoms with van der Waals surface area (Å²) in [5, 5.41) is 7.17. The van der Waals surface area contributed by atoms with E-state index in [4.69, 9.17) is 4.74 Å². The Morgan fingerprint density at radius 3 is 2.56 bits per heavy atom. The lowest BCUT2D eigenvalue weighted by molar-refractivity contribution is 0.102. The number of hydrogen-bond donors (Lipinski definition) is 0. The van der Waals surface area contributed by atoms with Gasteiger partial charge in [-0.2, -0.15) is 0 Å². The summed E-state index contributed by atoms with van der Waals surface area (Å²) in [5.41, 5.74) is -0.463. The average molecular weight is 250 g/mol. The fourth-order valence-electron chi connectivity index (χ4n) is 1.36. The van der Waals surface area contributed by atoms with Crippen molar-refractivity contribution in [1.82, 2.24) is 10.2 Å². The molecule has 0 saturated carbocycles. The molecular weight excluding hydrogens is 242 g/mol. The molecule has 0 N–H and O–H groups in total. The third kappa shape index (κ3) is 2.32. The highest BCUT2D eigenvalue weighted by atomic mass is 19.1. The maximum Gasteiger partial charge on any atom is 0.233 e. The minimum atomic E-state index is -0.806. The standard InChI is InChI=1S/C12H8F2N2O2/c1-18-11-5-4-10(15-16-11)12(17)8-6-7(13)2-3-9(8)14/h2-6H,1H3. The molecule has 0 spiro atoms. The summed E-state index contributed by atoms with van der Waals surface area (Å²) in [5.74, 6) is -2.01. The van der Waals surface area contributed by atoms with E-state index in [9.17, 15) is 13.6 Å². The Hall–Kier alpha value is -2.37. The molecule has 1 heterocycles. The molecule has 0 amide bonds. The number of nitrogens with zero attached hydrogens (tertiary/aromatic N) is 2. The first-order valence-electron chi connectivity index (χ1n) is 4.99. The monoisotopic (exact) mass is 250 g/mol. The van der Waals surface area contributed by atoms with Crippen LogP contribution in [0.15, 0.2) is 30.3 Å². The molecule has 92 valence electrons. The molecule has 2 aromatic rings. The highest BCUT2D eigenvalue weighted by molar-refractivity contribution is 6.07. The summed E-state index contributed by atoms with van der Waals surface area (Å²) in [6.07, 6.45) is 0. The molecule has 2 rings (SSSR count). The first-order valence-corrected chi connectivity index (χ1v) is 4.99. The van der Waals surface area contributed by atoms with Crippen LogP contribution in [0.3, 0.4) is 0 Å². The third-order valence-electron chi connectivity index (χ3n) is 2.25. The molecule has 6 heteroatoms. The van der Waals surface area contributed by atoms with Gasteiger partial charge in [0.05, 0.1) is 12.7 Å². The van der Waals surface area contributed by atoms with E-state index >= 15 is 0 Å². The van der Waals surface area contributed by atoms with Gasteiger partial charge in [0, 0.05) is 6.07 Å². The smallest absolute Gasteiger partial charge is 0.233 e. The van der Waals surface area contributed by atoms with Crippen LogP contribution in [0.5, 0.6) is 5.88 Å². The molecule has 0 radical (unpaired) electrons. The highest BCUT2D eigenvalue weighted by Crippen LogP contribution is 2.14. The van der Waals surface area contributed by atoms with E-state index in [1.807, 2.05) is 0 Å². The van der Waals surface area contributed by atoms with E-state index in [-0.39, 0.29) is 17.1 Å². The molecule has 0 saturated heterocycles. The number of ketones is 1. The zero-order chi connectivity index (χ0) is 13.1. The number of rotatable bonds is 3. The van der Waals surface area contributed by atoms with E-state index in [1.54, 1.807) is 0 Å². The third-order valence-corrected chi connectivity index (χ3v) is 2.25. The minimum absolute atomic E-state index is 0.0831. The average Bonchev–Trinajstić information content (AvgIpc) is 2.41. The summed E-state index contributed by atoms with van der Waals surface area (Å²) in [4.78, 5) is 11.9. The Bertz CT molecular complexity index is 585. The first kappa shape index (κ1) is 12.1. The minimum Gasteiger partial charge on any atom is -0.480 e. The largest absolute Gasteiger partial charge is 0.480 e. The molecule has 0 atom stereocenters. The molecule has 18 heavy (non-hydrogen) atoms. The molecule has 1 aromatic carbocycles. The maximum atomic E-state index is 13.4. The van der Waals surface area contributed by atoms with Crippen molar-refractivity contribution in [3.63, 3.8) is 0 Å². The number of benzene rings is 1. The number of carbonyl (C=O) groups is 1. The Morgan fingerprint density at radius 1 is 1.17 bits per heavy atom. The van der Waals surface area contributed by atoms with Crippen molar-refractivity contribution >= 4 is 5.78 Å². The highest BCUT2D eigenvalue weighted by Gasteiger charge is 2.16. The molecule has 0 fully saturated rings. The molecule has 0 unspecified atom stereocenters. The molecule has 0 bridgehead atoms. The van der Waals surface area contributed by atoms with Gasteiger partial charge in [0.1, 0.15) is 17.3 Å². The number of carbonyl (C=O) groups excluding carboxylic acids is 1. The van der Waals surface area contributed by atoms with Crippen molar-refractivity contribution in [1.29, 1.82) is 0 Å². The van der Waals surface area contributed by atoms with Crippen LogP contribution >= 0.6 is 0 Å². The van der Waals surface area contributed by atoms with E-state index < -0.39 is 17.4 Å².